The minimum absolute atomic E-state index is 0.0983. The van der Waals surface area contributed by atoms with Crippen LogP contribution in [0.25, 0.3) is 0 Å². The predicted octanol–water partition coefficient (Wildman–Crippen LogP) is 1.20. The fraction of sp³-hybridized carbons (Fsp3) is 0.750. The SMILES string of the molecule is O=C1NC(=O)[C@@H]2C[C@@H](Br)[C@@H](Br)C[C@H]12. The van der Waals surface area contributed by atoms with Crippen molar-refractivity contribution in [2.45, 2.75) is 22.5 Å². The van der Waals surface area contributed by atoms with E-state index in [4.69, 9.17) is 0 Å². The molecule has 1 saturated heterocycles. The Labute approximate surface area is 92.9 Å². The quantitative estimate of drug-likeness (QED) is 0.540. The molecule has 1 aliphatic carbocycles. The molecule has 3 nitrogen and oxygen atoms in total. The summed E-state index contributed by atoms with van der Waals surface area (Å²) in [5.41, 5.74) is 0. The van der Waals surface area contributed by atoms with Crippen molar-refractivity contribution in [3.63, 3.8) is 0 Å². The summed E-state index contributed by atoms with van der Waals surface area (Å²) in [5, 5.41) is 2.38. The Bertz CT molecular complexity index is 243. The van der Waals surface area contributed by atoms with Crippen LogP contribution < -0.4 is 5.32 Å². The van der Waals surface area contributed by atoms with E-state index in [9.17, 15) is 9.59 Å². The van der Waals surface area contributed by atoms with Crippen LogP contribution in [0.2, 0.25) is 0 Å². The Morgan fingerprint density at radius 3 is 1.77 bits per heavy atom. The summed E-state index contributed by atoms with van der Waals surface area (Å²) in [6.07, 6.45) is 1.50. The van der Waals surface area contributed by atoms with E-state index in [1.807, 2.05) is 0 Å². The Morgan fingerprint density at radius 1 is 1.00 bits per heavy atom. The number of carbonyl (C=O) groups excluding carboxylic acids is 2. The first-order valence-electron chi connectivity index (χ1n) is 4.22. The summed E-state index contributed by atoms with van der Waals surface area (Å²) in [4.78, 5) is 23.2. The lowest BCUT2D eigenvalue weighted by Crippen LogP contribution is -2.34. The molecule has 1 saturated carbocycles. The molecule has 1 aliphatic heterocycles. The van der Waals surface area contributed by atoms with Crippen LogP contribution in [0, 0.1) is 11.8 Å². The van der Waals surface area contributed by atoms with E-state index in [0.717, 1.165) is 12.8 Å². The van der Waals surface area contributed by atoms with Gasteiger partial charge in [0.1, 0.15) is 0 Å². The molecule has 4 atom stereocenters. The number of fused-ring (bicyclic) bond motifs is 1. The highest BCUT2D eigenvalue weighted by Crippen LogP contribution is 2.40. The van der Waals surface area contributed by atoms with Crippen LogP contribution in [0.4, 0.5) is 0 Å². The van der Waals surface area contributed by atoms with E-state index in [0.29, 0.717) is 9.65 Å². The van der Waals surface area contributed by atoms with E-state index < -0.39 is 0 Å². The van der Waals surface area contributed by atoms with Crippen molar-refractivity contribution in [3.05, 3.63) is 0 Å². The van der Waals surface area contributed by atoms with E-state index in [-0.39, 0.29) is 23.7 Å². The average Bonchev–Trinajstić information content (AvgIpc) is 2.31. The van der Waals surface area contributed by atoms with Gasteiger partial charge in [0.2, 0.25) is 11.8 Å². The van der Waals surface area contributed by atoms with Gasteiger partial charge < -0.3 is 0 Å². The summed E-state index contributed by atoms with van der Waals surface area (Å²) < 4.78 is 0. The third-order valence-corrected chi connectivity index (χ3v) is 5.49. The average molecular weight is 311 g/mol. The number of amides is 2. The van der Waals surface area contributed by atoms with Crippen LogP contribution in [-0.2, 0) is 9.59 Å². The number of imide groups is 1. The van der Waals surface area contributed by atoms with Gasteiger partial charge in [-0.15, -0.1) is 0 Å². The van der Waals surface area contributed by atoms with Gasteiger partial charge >= 0.3 is 0 Å². The van der Waals surface area contributed by atoms with Crippen LogP contribution in [0.1, 0.15) is 12.8 Å². The highest BCUT2D eigenvalue weighted by Gasteiger charge is 2.47. The minimum Gasteiger partial charge on any atom is -0.296 e. The van der Waals surface area contributed by atoms with Crippen molar-refractivity contribution in [2.24, 2.45) is 11.8 Å². The summed E-state index contributed by atoms with van der Waals surface area (Å²) in [6, 6.07) is 0. The zero-order valence-corrected chi connectivity index (χ0v) is 9.97. The molecule has 1 heterocycles. The molecule has 2 amide bonds. The number of nitrogens with one attached hydrogen (secondary N) is 1. The van der Waals surface area contributed by atoms with Crippen molar-refractivity contribution < 1.29 is 9.59 Å². The second kappa shape index (κ2) is 3.35. The molecule has 0 aromatic carbocycles. The lowest BCUT2D eigenvalue weighted by atomic mass is 9.81. The van der Waals surface area contributed by atoms with Gasteiger partial charge in [0, 0.05) is 9.65 Å². The van der Waals surface area contributed by atoms with Crippen LogP contribution in [-0.4, -0.2) is 21.5 Å². The summed E-state index contributed by atoms with van der Waals surface area (Å²) >= 11 is 7.00. The molecule has 5 heteroatoms. The highest BCUT2D eigenvalue weighted by molar-refractivity contribution is 9.12. The van der Waals surface area contributed by atoms with E-state index >= 15 is 0 Å². The van der Waals surface area contributed by atoms with Gasteiger partial charge in [-0.3, -0.25) is 14.9 Å². The first kappa shape index (κ1) is 9.65. The molecule has 13 heavy (non-hydrogen) atoms. The maximum absolute atomic E-state index is 11.3. The number of hydrogen-bond donors (Lipinski definition) is 1. The molecule has 2 rings (SSSR count). The fourth-order valence-corrected chi connectivity index (χ4v) is 3.23. The van der Waals surface area contributed by atoms with Crippen molar-refractivity contribution in [1.82, 2.24) is 5.32 Å². The van der Waals surface area contributed by atoms with Gasteiger partial charge in [-0.1, -0.05) is 31.9 Å². The van der Waals surface area contributed by atoms with Crippen LogP contribution >= 0.6 is 31.9 Å². The molecule has 0 aromatic rings. The number of carbonyl (C=O) groups is 2. The number of rotatable bonds is 0. The standard InChI is InChI=1S/C8H9Br2NO2/c9-5-1-3-4(2-6(5)10)8(13)11-7(3)12/h3-6H,1-2H2,(H,11,12,13)/t3-,4+,5-,6+. The van der Waals surface area contributed by atoms with E-state index in [1.54, 1.807) is 0 Å². The van der Waals surface area contributed by atoms with E-state index in [1.165, 1.54) is 0 Å². The van der Waals surface area contributed by atoms with Crippen molar-refractivity contribution >= 4 is 43.7 Å². The van der Waals surface area contributed by atoms with E-state index in [2.05, 4.69) is 37.2 Å². The third kappa shape index (κ3) is 1.56. The highest BCUT2D eigenvalue weighted by atomic mass is 79.9. The summed E-state index contributed by atoms with van der Waals surface area (Å²) in [5.74, 6) is -0.408. The molecule has 2 fully saturated rings. The second-order valence-corrected chi connectivity index (χ2v) is 5.92. The molecule has 2 aliphatic rings. The first-order chi connectivity index (χ1) is 6.09. The largest absolute Gasteiger partial charge is 0.296 e. The second-order valence-electron chi connectivity index (χ2n) is 3.57. The molecule has 0 bridgehead atoms. The monoisotopic (exact) mass is 309 g/mol. The molecule has 0 unspecified atom stereocenters. The number of halogens is 2. The van der Waals surface area contributed by atoms with Crippen molar-refractivity contribution in [3.8, 4) is 0 Å². The Balaban J connectivity index is 2.19. The lowest BCUT2D eigenvalue weighted by molar-refractivity contribution is -0.126. The van der Waals surface area contributed by atoms with Gasteiger partial charge in [0.15, 0.2) is 0 Å². The molecule has 0 aromatic heterocycles. The van der Waals surface area contributed by atoms with Gasteiger partial charge in [-0.05, 0) is 12.8 Å². The van der Waals surface area contributed by atoms with Crippen molar-refractivity contribution in [1.29, 1.82) is 0 Å². The maximum atomic E-state index is 11.3. The van der Waals surface area contributed by atoms with Crippen molar-refractivity contribution in [2.75, 3.05) is 0 Å². The first-order valence-corrected chi connectivity index (χ1v) is 6.05. The van der Waals surface area contributed by atoms with Crippen LogP contribution in [0.5, 0.6) is 0 Å². The normalized spacial score (nSPS) is 44.5. The summed E-state index contributed by atoms with van der Waals surface area (Å²) in [7, 11) is 0. The van der Waals surface area contributed by atoms with Gasteiger partial charge in [-0.2, -0.15) is 0 Å². The zero-order chi connectivity index (χ0) is 9.59. The maximum Gasteiger partial charge on any atom is 0.230 e. The van der Waals surface area contributed by atoms with Gasteiger partial charge in [-0.25, -0.2) is 0 Å². The van der Waals surface area contributed by atoms with Gasteiger partial charge in [0.25, 0.3) is 0 Å². The smallest absolute Gasteiger partial charge is 0.230 e. The molecule has 0 radical (unpaired) electrons. The Hall–Kier alpha value is 0.1000. The fourth-order valence-electron chi connectivity index (χ4n) is 2.00. The molecular weight excluding hydrogens is 302 g/mol. The molecule has 1 N–H and O–H groups in total. The molecule has 72 valence electrons. The third-order valence-electron chi connectivity index (χ3n) is 2.76. The zero-order valence-electron chi connectivity index (χ0n) is 6.80. The Morgan fingerprint density at radius 2 is 1.38 bits per heavy atom. The minimum atomic E-state index is -0.106. The number of alkyl halides is 2. The topological polar surface area (TPSA) is 46.2 Å². The molecular formula is C8H9Br2NO2. The molecule has 0 spiro atoms. The van der Waals surface area contributed by atoms with Crippen LogP contribution in [0.15, 0.2) is 0 Å². The van der Waals surface area contributed by atoms with Gasteiger partial charge in [0.05, 0.1) is 11.8 Å². The lowest BCUT2D eigenvalue weighted by Gasteiger charge is -2.29. The summed E-state index contributed by atoms with van der Waals surface area (Å²) in [6.45, 7) is 0. The Kier molecular flexibility index (Phi) is 2.49. The van der Waals surface area contributed by atoms with Crippen LogP contribution in [0.3, 0.4) is 0 Å². The number of hydrogen-bond acceptors (Lipinski definition) is 2. The predicted molar refractivity (Wildman–Crippen MR) is 54.8 cm³/mol.